The first-order valence-corrected chi connectivity index (χ1v) is 12.4. The van der Waals surface area contributed by atoms with Crippen LogP contribution in [0.4, 0.5) is 0 Å². The van der Waals surface area contributed by atoms with Crippen LogP contribution < -0.4 is 23.7 Å². The molecule has 0 saturated heterocycles. The lowest BCUT2D eigenvalue weighted by Crippen LogP contribution is -1.99. The summed E-state index contributed by atoms with van der Waals surface area (Å²) in [6.45, 7) is 0. The molecule has 0 radical (unpaired) electrons. The lowest BCUT2D eigenvalue weighted by Gasteiger charge is -2.15. The van der Waals surface area contributed by atoms with Crippen LogP contribution in [0.3, 0.4) is 0 Å². The number of allylic oxidation sites excluding steroid dienone is 2. The minimum atomic E-state index is -0.0526. The molecule has 1 aromatic heterocycles. The third kappa shape index (κ3) is 5.62. The van der Waals surface area contributed by atoms with E-state index in [4.69, 9.17) is 23.7 Å². The summed E-state index contributed by atoms with van der Waals surface area (Å²) in [6.07, 6.45) is 9.75. The number of methoxy groups -OCH3 is 5. The van der Waals surface area contributed by atoms with Crippen LogP contribution in [0.2, 0.25) is 0 Å². The third-order valence-corrected chi connectivity index (χ3v) is 6.58. The predicted octanol–water partition coefficient (Wildman–Crippen LogP) is 6.37. The third-order valence-electron chi connectivity index (χ3n) is 6.58. The number of rotatable bonds is 11. The maximum Gasteiger partial charge on any atom is 0.203 e. The molecule has 0 saturated carbocycles. The van der Waals surface area contributed by atoms with Gasteiger partial charge in [-0.3, -0.25) is 4.79 Å². The molecule has 0 atom stereocenters. The number of hydrogen-bond donors (Lipinski definition) is 0. The van der Waals surface area contributed by atoms with Crippen molar-refractivity contribution in [3.8, 4) is 28.7 Å². The number of ether oxygens (including phenoxy) is 5. The summed E-state index contributed by atoms with van der Waals surface area (Å²) in [5, 5.41) is 0.933. The second kappa shape index (κ2) is 12.3. The number of nitrogens with zero attached hydrogens (tertiary/aromatic N) is 1. The van der Waals surface area contributed by atoms with Gasteiger partial charge in [-0.25, -0.2) is 0 Å². The number of aromatic nitrogens is 1. The fourth-order valence-electron chi connectivity index (χ4n) is 4.67. The minimum Gasteiger partial charge on any atom is -0.493 e. The van der Waals surface area contributed by atoms with Crippen LogP contribution in [0.5, 0.6) is 28.7 Å². The molecule has 0 spiro atoms. The van der Waals surface area contributed by atoms with Gasteiger partial charge in [-0.2, -0.15) is 0 Å². The molecule has 7 heteroatoms. The number of carbonyl (C=O) groups is 1. The summed E-state index contributed by atoms with van der Waals surface area (Å²) in [7, 11) is 9.90. The molecule has 0 unspecified atom stereocenters. The van der Waals surface area contributed by atoms with Gasteiger partial charge >= 0.3 is 0 Å². The van der Waals surface area contributed by atoms with Crippen molar-refractivity contribution in [3.05, 3.63) is 89.1 Å². The Morgan fingerprint density at radius 3 is 2.10 bits per heavy atom. The van der Waals surface area contributed by atoms with E-state index in [0.29, 0.717) is 40.7 Å². The maximum atomic E-state index is 13.1. The molecule has 202 valence electrons. The van der Waals surface area contributed by atoms with Gasteiger partial charge in [-0.1, -0.05) is 42.5 Å². The number of carbonyl (C=O) groups excluding carboxylic acids is 1. The lowest BCUT2D eigenvalue weighted by atomic mass is 10.00. The molecule has 0 N–H and O–H groups in total. The van der Waals surface area contributed by atoms with E-state index in [1.54, 1.807) is 41.6 Å². The van der Waals surface area contributed by atoms with Gasteiger partial charge in [0.1, 0.15) is 0 Å². The Morgan fingerprint density at radius 2 is 1.46 bits per heavy atom. The zero-order valence-corrected chi connectivity index (χ0v) is 23.1. The Balaban J connectivity index is 1.67. The van der Waals surface area contributed by atoms with Gasteiger partial charge in [0.05, 0.1) is 35.5 Å². The molecule has 7 nitrogen and oxygen atoms in total. The van der Waals surface area contributed by atoms with Gasteiger partial charge < -0.3 is 28.3 Å². The molecule has 0 amide bonds. The highest BCUT2D eigenvalue weighted by molar-refractivity contribution is 6.13. The SMILES string of the molecule is COc1cc(/C=C\c2ccc(OC)c(OC)c2C/C=C\C(=O)c2cn(C)c3ccccc23)cc(OC)c1OC. The van der Waals surface area contributed by atoms with Gasteiger partial charge in [0.25, 0.3) is 0 Å². The highest BCUT2D eigenvalue weighted by Crippen LogP contribution is 2.39. The Hall–Kier alpha value is -4.65. The molecule has 0 bridgehead atoms. The van der Waals surface area contributed by atoms with E-state index in [9.17, 15) is 4.79 Å². The minimum absolute atomic E-state index is 0.0526. The van der Waals surface area contributed by atoms with Gasteiger partial charge in [0.15, 0.2) is 28.8 Å². The summed E-state index contributed by atoms with van der Waals surface area (Å²) >= 11 is 0. The van der Waals surface area contributed by atoms with Crippen molar-refractivity contribution < 1.29 is 28.5 Å². The molecule has 0 aliphatic rings. The van der Waals surface area contributed by atoms with Crippen LogP contribution in [0.25, 0.3) is 23.1 Å². The first-order chi connectivity index (χ1) is 18.9. The van der Waals surface area contributed by atoms with E-state index in [-0.39, 0.29) is 5.78 Å². The highest BCUT2D eigenvalue weighted by atomic mass is 16.5. The van der Waals surface area contributed by atoms with Gasteiger partial charge in [0.2, 0.25) is 5.75 Å². The van der Waals surface area contributed by atoms with Gasteiger partial charge in [-0.05, 0) is 47.9 Å². The number of ketones is 1. The normalized spacial score (nSPS) is 11.3. The van der Waals surface area contributed by atoms with Crippen molar-refractivity contribution in [2.24, 2.45) is 7.05 Å². The first-order valence-electron chi connectivity index (χ1n) is 12.4. The molecular formula is C32H33NO6. The van der Waals surface area contributed by atoms with Crippen molar-refractivity contribution >= 4 is 28.8 Å². The molecule has 0 aliphatic carbocycles. The largest absolute Gasteiger partial charge is 0.493 e. The average molecular weight is 528 g/mol. The van der Waals surface area contributed by atoms with E-state index < -0.39 is 0 Å². The Morgan fingerprint density at radius 1 is 0.795 bits per heavy atom. The Labute approximate surface area is 228 Å². The van der Waals surface area contributed by atoms with Gasteiger partial charge in [-0.15, -0.1) is 0 Å². The fourth-order valence-corrected chi connectivity index (χ4v) is 4.67. The summed E-state index contributed by atoms with van der Waals surface area (Å²) in [4.78, 5) is 13.1. The quantitative estimate of drug-likeness (QED) is 0.128. The van der Waals surface area contributed by atoms with E-state index >= 15 is 0 Å². The Bertz CT molecular complexity index is 1520. The van der Waals surface area contributed by atoms with E-state index in [0.717, 1.165) is 27.6 Å². The van der Waals surface area contributed by atoms with Crippen LogP contribution in [-0.2, 0) is 13.5 Å². The smallest absolute Gasteiger partial charge is 0.203 e. The summed E-state index contributed by atoms with van der Waals surface area (Å²) < 4.78 is 29.6. The number of aryl methyl sites for hydroxylation is 1. The molecular weight excluding hydrogens is 494 g/mol. The van der Waals surface area contributed by atoms with Crippen LogP contribution in [-0.4, -0.2) is 45.9 Å². The second-order valence-electron chi connectivity index (χ2n) is 8.80. The number of para-hydroxylation sites is 1. The molecule has 0 fully saturated rings. The fraction of sp³-hybridized carbons (Fsp3) is 0.219. The summed E-state index contributed by atoms with van der Waals surface area (Å²) in [5.41, 5.74) is 4.37. The standard InChI is InChI=1S/C32H33NO6/c1-33-20-25(24-10-7-8-12-26(24)33)27(34)13-9-11-23-22(16-17-28(35-2)31(23)38-5)15-14-21-18-29(36-3)32(39-6)30(19-21)37-4/h7-10,12-20H,11H2,1-6H3/b13-9-,15-14-. The molecule has 0 aliphatic heterocycles. The van der Waals surface area contributed by atoms with Crippen molar-refractivity contribution in [2.75, 3.05) is 35.5 Å². The lowest BCUT2D eigenvalue weighted by molar-refractivity contribution is 0.104. The van der Waals surface area contributed by atoms with Gasteiger partial charge in [0, 0.05) is 35.3 Å². The predicted molar refractivity (Wildman–Crippen MR) is 155 cm³/mol. The molecule has 4 aromatic rings. The van der Waals surface area contributed by atoms with Crippen LogP contribution in [0.15, 0.2) is 66.9 Å². The molecule has 39 heavy (non-hydrogen) atoms. The maximum absolute atomic E-state index is 13.1. The zero-order chi connectivity index (χ0) is 27.9. The number of hydrogen-bond acceptors (Lipinski definition) is 6. The van der Waals surface area contributed by atoms with E-state index in [2.05, 4.69) is 0 Å². The van der Waals surface area contributed by atoms with Crippen LogP contribution in [0.1, 0.15) is 27.0 Å². The average Bonchev–Trinajstić information content (AvgIpc) is 3.31. The molecule has 3 aromatic carbocycles. The molecule has 1 heterocycles. The Kier molecular flexibility index (Phi) is 8.61. The number of benzene rings is 3. The van der Waals surface area contributed by atoms with Crippen LogP contribution >= 0.6 is 0 Å². The van der Waals surface area contributed by atoms with Crippen LogP contribution in [0, 0.1) is 0 Å². The van der Waals surface area contributed by atoms with Crippen molar-refractivity contribution in [1.29, 1.82) is 0 Å². The van der Waals surface area contributed by atoms with E-state index in [1.165, 1.54) is 0 Å². The van der Waals surface area contributed by atoms with Crippen molar-refractivity contribution in [2.45, 2.75) is 6.42 Å². The van der Waals surface area contributed by atoms with Crippen molar-refractivity contribution in [3.63, 3.8) is 0 Å². The molecule has 4 rings (SSSR count). The number of fused-ring (bicyclic) bond motifs is 1. The van der Waals surface area contributed by atoms with Crippen molar-refractivity contribution in [1.82, 2.24) is 4.57 Å². The monoisotopic (exact) mass is 527 g/mol. The van der Waals surface area contributed by atoms with E-state index in [1.807, 2.05) is 84.6 Å². The summed E-state index contributed by atoms with van der Waals surface area (Å²) in [5.74, 6) is 2.85. The summed E-state index contributed by atoms with van der Waals surface area (Å²) in [6, 6.07) is 15.5. The highest BCUT2D eigenvalue weighted by Gasteiger charge is 2.15. The topological polar surface area (TPSA) is 68.2 Å². The second-order valence-corrected chi connectivity index (χ2v) is 8.80. The first kappa shape index (κ1) is 27.4. The zero-order valence-electron chi connectivity index (χ0n) is 23.1.